The standard InChI is InChI=1S/C20H21N3O2/c1-25-18-10-8-17(9-11-18)22-20(24)19-7-4-12-23(19)14-16-6-3-2-5-15(16)13-21/h2-3,5-6,8-11,19H,4,7,12,14H2,1H3,(H,22,24). The van der Waals surface area contributed by atoms with E-state index in [1.54, 1.807) is 7.11 Å². The average Bonchev–Trinajstić information content (AvgIpc) is 3.11. The molecule has 5 heteroatoms. The molecule has 3 rings (SSSR count). The Morgan fingerprint density at radius 3 is 2.76 bits per heavy atom. The quantitative estimate of drug-likeness (QED) is 0.911. The molecular formula is C20H21N3O2. The molecule has 0 spiro atoms. The van der Waals surface area contributed by atoms with Gasteiger partial charge in [0.1, 0.15) is 5.75 Å². The lowest BCUT2D eigenvalue weighted by atomic mass is 10.1. The zero-order chi connectivity index (χ0) is 17.6. The van der Waals surface area contributed by atoms with Crippen molar-refractivity contribution in [2.24, 2.45) is 0 Å². The normalized spacial score (nSPS) is 17.0. The van der Waals surface area contributed by atoms with Gasteiger partial charge in [-0.2, -0.15) is 5.26 Å². The van der Waals surface area contributed by atoms with Crippen LogP contribution in [0.2, 0.25) is 0 Å². The summed E-state index contributed by atoms with van der Waals surface area (Å²) in [6, 6.07) is 16.9. The van der Waals surface area contributed by atoms with Crippen molar-refractivity contribution in [1.29, 1.82) is 5.26 Å². The van der Waals surface area contributed by atoms with Crippen LogP contribution in [0, 0.1) is 11.3 Å². The number of benzene rings is 2. The summed E-state index contributed by atoms with van der Waals surface area (Å²) < 4.78 is 5.13. The van der Waals surface area contributed by atoms with E-state index < -0.39 is 0 Å². The van der Waals surface area contributed by atoms with E-state index in [2.05, 4.69) is 16.3 Å². The lowest BCUT2D eigenvalue weighted by Gasteiger charge is -2.24. The molecule has 0 bridgehead atoms. The Hall–Kier alpha value is -2.84. The predicted molar refractivity (Wildman–Crippen MR) is 96.2 cm³/mol. The van der Waals surface area contributed by atoms with Crippen molar-refractivity contribution in [1.82, 2.24) is 4.90 Å². The van der Waals surface area contributed by atoms with Crippen molar-refractivity contribution in [3.8, 4) is 11.8 Å². The van der Waals surface area contributed by atoms with Crippen molar-refractivity contribution >= 4 is 11.6 Å². The van der Waals surface area contributed by atoms with E-state index in [1.165, 1.54) is 0 Å². The number of likely N-dealkylation sites (tertiary alicyclic amines) is 1. The number of carbonyl (C=O) groups is 1. The fourth-order valence-electron chi connectivity index (χ4n) is 3.20. The molecule has 2 aromatic carbocycles. The molecule has 1 atom stereocenters. The fourth-order valence-corrected chi connectivity index (χ4v) is 3.20. The van der Waals surface area contributed by atoms with Gasteiger partial charge in [-0.15, -0.1) is 0 Å². The number of hydrogen-bond acceptors (Lipinski definition) is 4. The smallest absolute Gasteiger partial charge is 0.241 e. The molecular weight excluding hydrogens is 314 g/mol. The number of hydrogen-bond donors (Lipinski definition) is 1. The first-order chi connectivity index (χ1) is 12.2. The molecule has 1 amide bonds. The molecule has 2 aromatic rings. The number of nitrogens with zero attached hydrogens (tertiary/aromatic N) is 2. The lowest BCUT2D eigenvalue weighted by Crippen LogP contribution is -2.39. The van der Waals surface area contributed by atoms with Crippen molar-refractivity contribution < 1.29 is 9.53 Å². The minimum atomic E-state index is -0.172. The Morgan fingerprint density at radius 1 is 1.28 bits per heavy atom. The number of anilines is 1. The van der Waals surface area contributed by atoms with Gasteiger partial charge in [0.05, 0.1) is 24.8 Å². The third-order valence-electron chi connectivity index (χ3n) is 4.54. The molecule has 128 valence electrons. The molecule has 1 aliphatic rings. The van der Waals surface area contributed by atoms with Gasteiger partial charge in [0, 0.05) is 12.2 Å². The van der Waals surface area contributed by atoms with E-state index in [0.29, 0.717) is 12.1 Å². The highest BCUT2D eigenvalue weighted by atomic mass is 16.5. The largest absolute Gasteiger partial charge is 0.497 e. The highest BCUT2D eigenvalue weighted by Gasteiger charge is 2.31. The van der Waals surface area contributed by atoms with Crippen LogP contribution in [0.25, 0.3) is 0 Å². The van der Waals surface area contributed by atoms with Crippen LogP contribution in [0.1, 0.15) is 24.0 Å². The van der Waals surface area contributed by atoms with Gasteiger partial charge in [0.2, 0.25) is 5.91 Å². The Balaban J connectivity index is 1.68. The Labute approximate surface area is 147 Å². The molecule has 0 saturated carbocycles. The summed E-state index contributed by atoms with van der Waals surface area (Å²) >= 11 is 0. The topological polar surface area (TPSA) is 65.4 Å². The van der Waals surface area contributed by atoms with E-state index in [1.807, 2.05) is 48.5 Å². The van der Waals surface area contributed by atoms with Gasteiger partial charge in [-0.05, 0) is 55.3 Å². The summed E-state index contributed by atoms with van der Waals surface area (Å²) in [6.45, 7) is 1.48. The van der Waals surface area contributed by atoms with Crippen LogP contribution in [0.5, 0.6) is 5.75 Å². The maximum atomic E-state index is 12.7. The molecule has 0 radical (unpaired) electrons. The van der Waals surface area contributed by atoms with Crippen LogP contribution in [-0.2, 0) is 11.3 Å². The van der Waals surface area contributed by atoms with Gasteiger partial charge in [0.15, 0.2) is 0 Å². The third-order valence-corrected chi connectivity index (χ3v) is 4.54. The Morgan fingerprint density at radius 2 is 2.04 bits per heavy atom. The number of nitrogens with one attached hydrogen (secondary N) is 1. The number of amides is 1. The van der Waals surface area contributed by atoms with Crippen LogP contribution < -0.4 is 10.1 Å². The van der Waals surface area contributed by atoms with E-state index in [0.717, 1.165) is 36.4 Å². The number of nitriles is 1. The van der Waals surface area contributed by atoms with Crippen LogP contribution in [0.3, 0.4) is 0 Å². The van der Waals surface area contributed by atoms with Crippen molar-refractivity contribution in [3.05, 3.63) is 59.7 Å². The zero-order valence-corrected chi connectivity index (χ0v) is 14.2. The molecule has 5 nitrogen and oxygen atoms in total. The maximum Gasteiger partial charge on any atom is 0.241 e. The summed E-state index contributed by atoms with van der Waals surface area (Å²) in [5.41, 5.74) is 2.40. The highest BCUT2D eigenvalue weighted by molar-refractivity contribution is 5.95. The first-order valence-corrected chi connectivity index (χ1v) is 8.38. The minimum Gasteiger partial charge on any atom is -0.497 e. The van der Waals surface area contributed by atoms with E-state index in [9.17, 15) is 10.1 Å². The van der Waals surface area contributed by atoms with Crippen molar-refractivity contribution in [2.75, 3.05) is 19.0 Å². The average molecular weight is 335 g/mol. The maximum absolute atomic E-state index is 12.7. The van der Waals surface area contributed by atoms with Gasteiger partial charge in [-0.3, -0.25) is 9.69 Å². The van der Waals surface area contributed by atoms with E-state index in [4.69, 9.17) is 4.74 Å². The molecule has 0 aliphatic carbocycles. The van der Waals surface area contributed by atoms with Crippen LogP contribution in [0.4, 0.5) is 5.69 Å². The number of rotatable bonds is 5. The molecule has 1 fully saturated rings. The van der Waals surface area contributed by atoms with Gasteiger partial charge < -0.3 is 10.1 Å². The SMILES string of the molecule is COc1ccc(NC(=O)C2CCCN2Cc2ccccc2C#N)cc1. The van der Waals surface area contributed by atoms with Gasteiger partial charge in [-0.1, -0.05) is 18.2 Å². The fraction of sp³-hybridized carbons (Fsp3) is 0.300. The number of methoxy groups -OCH3 is 1. The third kappa shape index (κ3) is 3.98. The second kappa shape index (κ2) is 7.82. The number of carbonyl (C=O) groups excluding carboxylic acids is 1. The lowest BCUT2D eigenvalue weighted by molar-refractivity contribution is -0.120. The summed E-state index contributed by atoms with van der Waals surface area (Å²) in [7, 11) is 1.61. The van der Waals surface area contributed by atoms with E-state index in [-0.39, 0.29) is 11.9 Å². The zero-order valence-electron chi connectivity index (χ0n) is 14.2. The van der Waals surface area contributed by atoms with Crippen molar-refractivity contribution in [2.45, 2.75) is 25.4 Å². The summed E-state index contributed by atoms with van der Waals surface area (Å²) in [6.07, 6.45) is 1.81. The second-order valence-corrected chi connectivity index (χ2v) is 6.12. The van der Waals surface area contributed by atoms with Gasteiger partial charge >= 0.3 is 0 Å². The van der Waals surface area contributed by atoms with Gasteiger partial charge in [-0.25, -0.2) is 0 Å². The molecule has 1 aliphatic heterocycles. The minimum absolute atomic E-state index is 0.00268. The summed E-state index contributed by atoms with van der Waals surface area (Å²) in [5, 5.41) is 12.2. The molecule has 1 saturated heterocycles. The second-order valence-electron chi connectivity index (χ2n) is 6.12. The molecule has 25 heavy (non-hydrogen) atoms. The Bertz CT molecular complexity index is 780. The van der Waals surface area contributed by atoms with Crippen LogP contribution >= 0.6 is 0 Å². The summed E-state index contributed by atoms with van der Waals surface area (Å²) in [4.78, 5) is 14.8. The molecule has 0 aromatic heterocycles. The first kappa shape index (κ1) is 17.0. The molecule has 1 unspecified atom stereocenters. The molecule has 1 heterocycles. The molecule has 1 N–H and O–H groups in total. The monoisotopic (exact) mass is 335 g/mol. The van der Waals surface area contributed by atoms with E-state index >= 15 is 0 Å². The van der Waals surface area contributed by atoms with Crippen LogP contribution in [-0.4, -0.2) is 30.5 Å². The first-order valence-electron chi connectivity index (χ1n) is 8.38. The predicted octanol–water partition coefficient (Wildman–Crippen LogP) is 3.17. The van der Waals surface area contributed by atoms with Crippen molar-refractivity contribution in [3.63, 3.8) is 0 Å². The Kier molecular flexibility index (Phi) is 5.32. The number of ether oxygens (including phenoxy) is 1. The summed E-state index contributed by atoms with van der Waals surface area (Å²) in [5.74, 6) is 0.755. The van der Waals surface area contributed by atoms with Gasteiger partial charge in [0.25, 0.3) is 0 Å². The van der Waals surface area contributed by atoms with Crippen LogP contribution in [0.15, 0.2) is 48.5 Å². The highest BCUT2D eigenvalue weighted by Crippen LogP contribution is 2.23.